The van der Waals surface area contributed by atoms with E-state index in [2.05, 4.69) is 25.8 Å². The van der Waals surface area contributed by atoms with Gasteiger partial charge in [0.15, 0.2) is 0 Å². The molecule has 2 heterocycles. The molecule has 1 fully saturated rings. The van der Waals surface area contributed by atoms with E-state index >= 15 is 0 Å². The number of hydrogen-bond acceptors (Lipinski definition) is 4. The Labute approximate surface area is 135 Å². The number of alkyl halides is 1. The van der Waals surface area contributed by atoms with Gasteiger partial charge in [0.05, 0.1) is 5.75 Å². The van der Waals surface area contributed by atoms with Gasteiger partial charge in [0.1, 0.15) is 0 Å². The number of halogens is 1. The first-order valence-electron chi connectivity index (χ1n) is 7.27. The molecule has 2 rings (SSSR count). The fourth-order valence-electron chi connectivity index (χ4n) is 2.49. The Morgan fingerprint density at radius 3 is 2.62 bits per heavy atom. The van der Waals surface area contributed by atoms with Crippen LogP contribution in [0.15, 0.2) is 24.5 Å². The lowest BCUT2D eigenvalue weighted by atomic mass is 10.2. The summed E-state index contributed by atoms with van der Waals surface area (Å²) >= 11 is 3.44. The topological polar surface area (TPSA) is 53.5 Å². The van der Waals surface area contributed by atoms with Crippen molar-refractivity contribution in [2.45, 2.75) is 12.8 Å². The van der Waals surface area contributed by atoms with Gasteiger partial charge < -0.3 is 4.90 Å². The number of nitrogens with zero attached hydrogens (tertiary/aromatic N) is 3. The Morgan fingerprint density at radius 2 is 1.90 bits per heavy atom. The van der Waals surface area contributed by atoms with Crippen molar-refractivity contribution < 1.29 is 8.42 Å². The summed E-state index contributed by atoms with van der Waals surface area (Å²) < 4.78 is 26.6. The number of pyridine rings is 1. The van der Waals surface area contributed by atoms with Gasteiger partial charge >= 0.3 is 0 Å². The van der Waals surface area contributed by atoms with Gasteiger partial charge in [0.25, 0.3) is 0 Å². The van der Waals surface area contributed by atoms with Gasteiger partial charge in [-0.15, -0.1) is 0 Å². The number of aryl methyl sites for hydroxylation is 1. The van der Waals surface area contributed by atoms with Gasteiger partial charge in [-0.1, -0.05) is 15.9 Å². The van der Waals surface area contributed by atoms with Crippen LogP contribution in [0.5, 0.6) is 0 Å². The molecule has 1 aliphatic heterocycles. The Balaban J connectivity index is 1.90. The maximum absolute atomic E-state index is 12.5. The lowest BCUT2D eigenvalue weighted by Gasteiger charge is -2.21. The van der Waals surface area contributed by atoms with Gasteiger partial charge in [-0.3, -0.25) is 4.98 Å². The monoisotopic (exact) mass is 375 g/mol. The summed E-state index contributed by atoms with van der Waals surface area (Å²) in [6.07, 6.45) is 4.85. The summed E-state index contributed by atoms with van der Waals surface area (Å²) in [5, 5.41) is 0.932. The maximum Gasteiger partial charge on any atom is 0.214 e. The first kappa shape index (κ1) is 16.9. The third-order valence-electron chi connectivity index (χ3n) is 3.74. The minimum absolute atomic E-state index is 0.176. The predicted octanol–water partition coefficient (Wildman–Crippen LogP) is 1.36. The van der Waals surface area contributed by atoms with Crippen LogP contribution in [0.2, 0.25) is 0 Å². The Kier molecular flexibility index (Phi) is 6.60. The second kappa shape index (κ2) is 8.22. The van der Waals surface area contributed by atoms with E-state index in [4.69, 9.17) is 0 Å². The van der Waals surface area contributed by atoms with E-state index in [-0.39, 0.29) is 5.75 Å². The zero-order chi connectivity index (χ0) is 15.1. The van der Waals surface area contributed by atoms with E-state index < -0.39 is 10.0 Å². The second-order valence-electron chi connectivity index (χ2n) is 5.20. The molecule has 0 unspecified atom stereocenters. The Bertz CT molecular complexity index is 524. The average molecular weight is 376 g/mol. The van der Waals surface area contributed by atoms with Crippen LogP contribution in [0.1, 0.15) is 12.0 Å². The zero-order valence-corrected chi connectivity index (χ0v) is 14.5. The summed E-state index contributed by atoms with van der Waals surface area (Å²) in [5.74, 6) is 0.176. The van der Waals surface area contributed by atoms with Crippen molar-refractivity contribution in [3.63, 3.8) is 0 Å². The van der Waals surface area contributed by atoms with Gasteiger partial charge in [-0.25, -0.2) is 12.7 Å². The molecule has 1 aliphatic rings. The van der Waals surface area contributed by atoms with Crippen LogP contribution in [0, 0.1) is 0 Å². The number of aromatic nitrogens is 1. The molecular formula is C14H22BrN3O2S. The van der Waals surface area contributed by atoms with E-state index in [1.54, 1.807) is 16.7 Å². The average Bonchev–Trinajstić information content (AvgIpc) is 2.73. The van der Waals surface area contributed by atoms with Crippen LogP contribution in [0.3, 0.4) is 0 Å². The lowest BCUT2D eigenvalue weighted by molar-refractivity contribution is 0.305. The summed E-state index contributed by atoms with van der Waals surface area (Å²) in [5.41, 5.74) is 1.02. The van der Waals surface area contributed by atoms with Crippen LogP contribution < -0.4 is 0 Å². The predicted molar refractivity (Wildman–Crippen MR) is 88.2 cm³/mol. The molecule has 0 amide bonds. The molecule has 0 saturated carbocycles. The van der Waals surface area contributed by atoms with Crippen LogP contribution >= 0.6 is 15.9 Å². The summed E-state index contributed by atoms with van der Waals surface area (Å²) in [6.45, 7) is 4.01. The van der Waals surface area contributed by atoms with E-state index in [1.807, 2.05) is 12.1 Å². The molecule has 1 aromatic heterocycles. The van der Waals surface area contributed by atoms with Gasteiger partial charge in [0.2, 0.25) is 10.0 Å². The highest BCUT2D eigenvalue weighted by Crippen LogP contribution is 2.11. The van der Waals surface area contributed by atoms with Crippen molar-refractivity contribution in [3.8, 4) is 0 Å². The van der Waals surface area contributed by atoms with E-state index in [1.165, 1.54) is 0 Å². The van der Waals surface area contributed by atoms with Crippen LogP contribution in [-0.4, -0.2) is 66.4 Å². The molecule has 0 N–H and O–H groups in total. The molecule has 0 bridgehead atoms. The molecule has 0 aliphatic carbocycles. The molecule has 118 valence electrons. The van der Waals surface area contributed by atoms with Crippen molar-refractivity contribution >= 4 is 26.0 Å². The van der Waals surface area contributed by atoms with Crippen LogP contribution in [0.4, 0.5) is 0 Å². The quantitative estimate of drug-likeness (QED) is 0.704. The van der Waals surface area contributed by atoms with Gasteiger partial charge in [-0.2, -0.15) is 0 Å². The van der Waals surface area contributed by atoms with Crippen molar-refractivity contribution in [3.05, 3.63) is 30.1 Å². The van der Waals surface area contributed by atoms with Crippen molar-refractivity contribution in [1.29, 1.82) is 0 Å². The molecule has 7 heteroatoms. The standard InChI is InChI=1S/C14H22BrN3O2S/c15-5-10-17-8-1-9-18(12-11-17)21(19,20)13-4-14-2-6-16-7-3-14/h2-3,6-7H,1,4-5,8-13H2. The van der Waals surface area contributed by atoms with Gasteiger partial charge in [0, 0.05) is 43.9 Å². The lowest BCUT2D eigenvalue weighted by Crippen LogP contribution is -2.37. The second-order valence-corrected chi connectivity index (χ2v) is 8.09. The van der Waals surface area contributed by atoms with E-state index in [0.29, 0.717) is 19.5 Å². The van der Waals surface area contributed by atoms with E-state index in [0.717, 1.165) is 36.9 Å². The van der Waals surface area contributed by atoms with Crippen molar-refractivity contribution in [2.24, 2.45) is 0 Å². The van der Waals surface area contributed by atoms with E-state index in [9.17, 15) is 8.42 Å². The van der Waals surface area contributed by atoms with Crippen molar-refractivity contribution in [1.82, 2.24) is 14.2 Å². The minimum atomic E-state index is -3.17. The minimum Gasteiger partial charge on any atom is -0.301 e. The largest absolute Gasteiger partial charge is 0.301 e. The Hall–Kier alpha value is -0.500. The highest BCUT2D eigenvalue weighted by Gasteiger charge is 2.24. The molecule has 21 heavy (non-hydrogen) atoms. The fraction of sp³-hybridized carbons (Fsp3) is 0.643. The molecule has 1 saturated heterocycles. The summed E-state index contributed by atoms with van der Waals surface area (Å²) in [6, 6.07) is 3.74. The highest BCUT2D eigenvalue weighted by molar-refractivity contribution is 9.09. The molecule has 5 nitrogen and oxygen atoms in total. The number of hydrogen-bond donors (Lipinski definition) is 0. The van der Waals surface area contributed by atoms with Crippen LogP contribution in [0.25, 0.3) is 0 Å². The smallest absolute Gasteiger partial charge is 0.214 e. The van der Waals surface area contributed by atoms with Gasteiger partial charge in [-0.05, 0) is 37.1 Å². The summed E-state index contributed by atoms with van der Waals surface area (Å²) in [4.78, 5) is 6.26. The van der Waals surface area contributed by atoms with Crippen molar-refractivity contribution in [2.75, 3.05) is 43.8 Å². The maximum atomic E-state index is 12.5. The zero-order valence-electron chi connectivity index (χ0n) is 12.1. The number of sulfonamides is 1. The molecular weight excluding hydrogens is 354 g/mol. The number of rotatable bonds is 6. The molecule has 0 aromatic carbocycles. The Morgan fingerprint density at radius 1 is 1.14 bits per heavy atom. The fourth-order valence-corrected chi connectivity index (χ4v) is 4.51. The molecule has 0 atom stereocenters. The molecule has 0 radical (unpaired) electrons. The molecule has 0 spiro atoms. The molecule has 1 aromatic rings. The third-order valence-corrected chi connectivity index (χ3v) is 5.97. The highest BCUT2D eigenvalue weighted by atomic mass is 79.9. The normalized spacial score (nSPS) is 18.5. The summed E-state index contributed by atoms with van der Waals surface area (Å²) in [7, 11) is -3.17. The third kappa shape index (κ3) is 5.32. The first-order valence-corrected chi connectivity index (χ1v) is 10.00. The SMILES string of the molecule is O=S(=O)(CCc1ccncc1)N1CCCN(CCBr)CC1. The first-order chi connectivity index (χ1) is 10.1. The van der Waals surface area contributed by atoms with Crippen LogP contribution in [-0.2, 0) is 16.4 Å².